The lowest BCUT2D eigenvalue weighted by atomic mass is 10.2. The zero-order valence-corrected chi connectivity index (χ0v) is 10.7. The van der Waals surface area contributed by atoms with Crippen LogP contribution >= 0.6 is 15.9 Å². The summed E-state index contributed by atoms with van der Waals surface area (Å²) in [7, 11) is 0. The van der Waals surface area contributed by atoms with Gasteiger partial charge in [0.25, 0.3) is 5.91 Å². The van der Waals surface area contributed by atoms with Gasteiger partial charge in [-0.1, -0.05) is 6.07 Å². The van der Waals surface area contributed by atoms with E-state index in [0.29, 0.717) is 10.3 Å². The molecule has 0 bridgehead atoms. The maximum Gasteiger partial charge on any atom is 0.274 e. The van der Waals surface area contributed by atoms with E-state index in [2.05, 4.69) is 26.2 Å². The Labute approximate surface area is 111 Å². The van der Waals surface area contributed by atoms with Crippen molar-refractivity contribution in [3.05, 3.63) is 52.5 Å². The van der Waals surface area contributed by atoms with Crippen molar-refractivity contribution in [3.8, 4) is 0 Å². The van der Waals surface area contributed by atoms with Crippen LogP contribution in [-0.4, -0.2) is 10.9 Å². The first-order chi connectivity index (χ1) is 8.56. The Hall–Kier alpha value is -1.95. The highest BCUT2D eigenvalue weighted by Crippen LogP contribution is 2.16. The first kappa shape index (κ1) is 12.5. The quantitative estimate of drug-likeness (QED) is 0.662. The van der Waals surface area contributed by atoms with E-state index in [0.717, 1.165) is 6.07 Å². The highest BCUT2D eigenvalue weighted by molar-refractivity contribution is 9.10. The normalized spacial score (nSPS) is 10.1. The largest absolute Gasteiger partial charge is 0.396 e. The molecule has 0 saturated carbocycles. The zero-order chi connectivity index (χ0) is 13.1. The van der Waals surface area contributed by atoms with Crippen LogP contribution in [0, 0.1) is 5.82 Å². The summed E-state index contributed by atoms with van der Waals surface area (Å²) >= 11 is 3.17. The number of hydrogen-bond acceptors (Lipinski definition) is 3. The van der Waals surface area contributed by atoms with Crippen molar-refractivity contribution in [1.82, 2.24) is 4.98 Å². The number of benzene rings is 1. The highest BCUT2D eigenvalue weighted by Gasteiger charge is 2.09. The fourth-order valence-corrected chi connectivity index (χ4v) is 1.68. The lowest BCUT2D eigenvalue weighted by Crippen LogP contribution is -2.13. The number of carbonyl (C=O) groups excluding carboxylic acids is 1. The van der Waals surface area contributed by atoms with Gasteiger partial charge in [0.15, 0.2) is 0 Å². The van der Waals surface area contributed by atoms with Crippen LogP contribution in [0.2, 0.25) is 0 Å². The van der Waals surface area contributed by atoms with E-state index < -0.39 is 11.7 Å². The molecule has 3 N–H and O–H groups in total. The van der Waals surface area contributed by atoms with E-state index in [1.165, 1.54) is 12.1 Å². The lowest BCUT2D eigenvalue weighted by Gasteiger charge is -2.06. The van der Waals surface area contributed by atoms with Crippen molar-refractivity contribution in [2.45, 2.75) is 0 Å². The number of nitrogens with zero attached hydrogens (tertiary/aromatic N) is 1. The Morgan fingerprint density at radius 3 is 2.78 bits per heavy atom. The maximum atomic E-state index is 13.2. The number of nitrogens with two attached hydrogens (primary N) is 1. The van der Waals surface area contributed by atoms with Gasteiger partial charge in [-0.15, -0.1) is 0 Å². The average molecular weight is 310 g/mol. The van der Waals surface area contributed by atoms with Gasteiger partial charge in [0.1, 0.15) is 16.1 Å². The molecule has 0 aliphatic rings. The Morgan fingerprint density at radius 2 is 2.11 bits per heavy atom. The number of hydrogen-bond donors (Lipinski definition) is 2. The zero-order valence-electron chi connectivity index (χ0n) is 9.15. The van der Waals surface area contributed by atoms with Gasteiger partial charge in [-0.05, 0) is 46.3 Å². The third kappa shape index (κ3) is 2.84. The number of halogens is 2. The second-order valence-corrected chi connectivity index (χ2v) is 4.35. The maximum absolute atomic E-state index is 13.2. The van der Waals surface area contributed by atoms with Crippen molar-refractivity contribution in [3.63, 3.8) is 0 Å². The van der Waals surface area contributed by atoms with Crippen LogP contribution in [0.25, 0.3) is 0 Å². The first-order valence-corrected chi connectivity index (χ1v) is 5.84. The number of nitrogen functional groups attached to an aromatic ring is 1. The highest BCUT2D eigenvalue weighted by atomic mass is 79.9. The Bertz CT molecular complexity index is 604. The van der Waals surface area contributed by atoms with Gasteiger partial charge in [-0.3, -0.25) is 4.79 Å². The monoisotopic (exact) mass is 309 g/mol. The molecule has 1 heterocycles. The molecule has 0 fully saturated rings. The predicted molar refractivity (Wildman–Crippen MR) is 70.7 cm³/mol. The van der Waals surface area contributed by atoms with Crippen LogP contribution in [0.1, 0.15) is 10.5 Å². The van der Waals surface area contributed by atoms with Gasteiger partial charge >= 0.3 is 0 Å². The van der Waals surface area contributed by atoms with E-state index in [9.17, 15) is 9.18 Å². The molecule has 0 spiro atoms. The van der Waals surface area contributed by atoms with Crippen LogP contribution in [0.15, 0.2) is 41.0 Å². The first-order valence-electron chi connectivity index (χ1n) is 5.05. The molecule has 1 aromatic heterocycles. The average Bonchev–Trinajstić information content (AvgIpc) is 2.34. The second-order valence-electron chi connectivity index (χ2n) is 3.54. The van der Waals surface area contributed by atoms with Gasteiger partial charge in [0.2, 0.25) is 0 Å². The molecule has 0 aliphatic heterocycles. The molecule has 0 radical (unpaired) electrons. The molecule has 92 valence electrons. The summed E-state index contributed by atoms with van der Waals surface area (Å²) in [6, 6.07) is 9.03. The van der Waals surface area contributed by atoms with E-state index in [1.54, 1.807) is 18.2 Å². The summed E-state index contributed by atoms with van der Waals surface area (Å²) < 4.78 is 13.8. The summed E-state index contributed by atoms with van der Waals surface area (Å²) in [6.45, 7) is 0. The van der Waals surface area contributed by atoms with E-state index in [1.807, 2.05) is 0 Å². The van der Waals surface area contributed by atoms with Gasteiger partial charge in [0, 0.05) is 5.69 Å². The minimum atomic E-state index is -0.574. The van der Waals surface area contributed by atoms with Crippen LogP contribution in [0.3, 0.4) is 0 Å². The molecule has 1 aromatic carbocycles. The van der Waals surface area contributed by atoms with Crippen LogP contribution < -0.4 is 11.1 Å². The number of carbonyl (C=O) groups is 1. The molecule has 0 atom stereocenters. The molecule has 6 heteroatoms. The molecule has 1 amide bonds. The molecule has 0 unspecified atom stereocenters. The van der Waals surface area contributed by atoms with Gasteiger partial charge in [0.05, 0.1) is 5.69 Å². The fourth-order valence-electron chi connectivity index (χ4n) is 1.33. The third-order valence-corrected chi connectivity index (χ3v) is 2.65. The van der Waals surface area contributed by atoms with E-state index >= 15 is 0 Å². The smallest absolute Gasteiger partial charge is 0.274 e. The van der Waals surface area contributed by atoms with Gasteiger partial charge in [-0.25, -0.2) is 9.37 Å². The standard InChI is InChI=1S/C12H9BrFN3O/c13-11-3-1-2-10(17-11)12(18)16-7-4-5-9(15)8(14)6-7/h1-6H,15H2,(H,16,18). The van der Waals surface area contributed by atoms with Crippen molar-refractivity contribution < 1.29 is 9.18 Å². The number of pyridine rings is 1. The van der Waals surface area contributed by atoms with Crippen molar-refractivity contribution >= 4 is 33.2 Å². The topological polar surface area (TPSA) is 68.0 Å². The predicted octanol–water partition coefficient (Wildman–Crippen LogP) is 2.82. The fraction of sp³-hybridized carbons (Fsp3) is 0. The molecular weight excluding hydrogens is 301 g/mol. The third-order valence-electron chi connectivity index (χ3n) is 2.21. The number of anilines is 2. The van der Waals surface area contributed by atoms with Gasteiger partial charge in [-0.2, -0.15) is 0 Å². The number of aromatic nitrogens is 1. The number of amides is 1. The number of nitrogens with one attached hydrogen (secondary N) is 1. The minimum Gasteiger partial charge on any atom is -0.396 e. The Balaban J connectivity index is 2.18. The van der Waals surface area contributed by atoms with Crippen LogP contribution in [0.4, 0.5) is 15.8 Å². The minimum absolute atomic E-state index is 0.0357. The summed E-state index contributed by atoms with van der Waals surface area (Å²) in [5.41, 5.74) is 5.94. The lowest BCUT2D eigenvalue weighted by molar-refractivity contribution is 0.102. The molecule has 0 aliphatic carbocycles. The summed E-state index contributed by atoms with van der Waals surface area (Å²) in [4.78, 5) is 15.8. The van der Waals surface area contributed by atoms with Crippen molar-refractivity contribution in [1.29, 1.82) is 0 Å². The van der Waals surface area contributed by atoms with Crippen LogP contribution in [0.5, 0.6) is 0 Å². The SMILES string of the molecule is Nc1ccc(NC(=O)c2cccc(Br)n2)cc1F. The molecule has 18 heavy (non-hydrogen) atoms. The van der Waals surface area contributed by atoms with Crippen LogP contribution in [-0.2, 0) is 0 Å². The summed E-state index contributed by atoms with van der Waals surface area (Å²) in [6.07, 6.45) is 0. The van der Waals surface area contributed by atoms with Gasteiger partial charge < -0.3 is 11.1 Å². The Kier molecular flexibility index (Phi) is 3.57. The number of rotatable bonds is 2. The summed E-state index contributed by atoms with van der Waals surface area (Å²) in [5.74, 6) is -0.990. The molecule has 4 nitrogen and oxygen atoms in total. The molecule has 2 rings (SSSR count). The summed E-state index contributed by atoms with van der Waals surface area (Å²) in [5, 5.41) is 2.54. The second kappa shape index (κ2) is 5.14. The molecule has 0 saturated heterocycles. The van der Waals surface area contributed by atoms with Crippen molar-refractivity contribution in [2.75, 3.05) is 11.1 Å². The van der Waals surface area contributed by atoms with E-state index in [-0.39, 0.29) is 11.4 Å². The molecular formula is C12H9BrFN3O. The Morgan fingerprint density at radius 1 is 1.33 bits per heavy atom. The van der Waals surface area contributed by atoms with Crippen molar-refractivity contribution in [2.24, 2.45) is 0 Å². The van der Waals surface area contributed by atoms with E-state index in [4.69, 9.17) is 5.73 Å². The molecule has 2 aromatic rings.